The van der Waals surface area contributed by atoms with Crippen molar-refractivity contribution in [2.45, 2.75) is 52.2 Å². The van der Waals surface area contributed by atoms with E-state index >= 15 is 0 Å². The Morgan fingerprint density at radius 3 is 2.10 bits per heavy atom. The van der Waals surface area contributed by atoms with Crippen LogP contribution in [0.2, 0.25) is 0 Å². The van der Waals surface area contributed by atoms with Gasteiger partial charge in [-0.25, -0.2) is 0 Å². The summed E-state index contributed by atoms with van der Waals surface area (Å²) in [6, 6.07) is 0. The van der Waals surface area contributed by atoms with E-state index in [-0.39, 0.29) is 12.5 Å². The van der Waals surface area contributed by atoms with Crippen LogP contribution in [0, 0.1) is 17.3 Å². The van der Waals surface area contributed by atoms with Gasteiger partial charge in [-0.1, -0.05) is 20.8 Å². The lowest BCUT2D eigenvalue weighted by molar-refractivity contribution is -0.301. The van der Waals surface area contributed by atoms with Crippen LogP contribution in [0.25, 0.3) is 0 Å². The highest BCUT2D eigenvalue weighted by molar-refractivity contribution is 7.85. The summed E-state index contributed by atoms with van der Waals surface area (Å²) in [6.07, 6.45) is 5.15. The molecular weight excluding hydrogens is 292 g/mol. The summed E-state index contributed by atoms with van der Waals surface area (Å²) in [5.74, 6) is 0.260. The first-order valence-electron chi connectivity index (χ1n) is 7.72. The summed E-state index contributed by atoms with van der Waals surface area (Å²) in [4.78, 5) is 0. The molecule has 0 amide bonds. The molecule has 0 atom stereocenters. The zero-order chi connectivity index (χ0) is 15.7. The van der Waals surface area contributed by atoms with Crippen LogP contribution >= 0.6 is 0 Å². The lowest BCUT2D eigenvalue weighted by atomic mass is 9.71. The zero-order valence-electron chi connectivity index (χ0n) is 13.6. The molecule has 1 saturated carbocycles. The van der Waals surface area contributed by atoms with Crippen LogP contribution in [0.5, 0.6) is 0 Å². The Bertz CT molecular complexity index is 433. The van der Waals surface area contributed by atoms with Crippen LogP contribution < -0.4 is 0 Å². The quantitative estimate of drug-likeness (QED) is 0.748. The monoisotopic (exact) mass is 320 g/mol. The third-order valence-electron chi connectivity index (χ3n) is 4.65. The summed E-state index contributed by atoms with van der Waals surface area (Å²) in [6.45, 7) is 8.02. The van der Waals surface area contributed by atoms with Crippen molar-refractivity contribution >= 4 is 10.1 Å². The van der Waals surface area contributed by atoms with Gasteiger partial charge < -0.3 is 9.47 Å². The molecule has 1 spiro atoms. The molecule has 6 heteroatoms. The van der Waals surface area contributed by atoms with Crippen LogP contribution in [0.3, 0.4) is 0 Å². The third-order valence-corrected chi connectivity index (χ3v) is 5.22. The summed E-state index contributed by atoms with van der Waals surface area (Å²) in [7, 11) is -3.39. The SMILES string of the molecule is CC(C)(C)C1CCC2(CC1)OCC(COS(C)(=O)=O)CO2. The first-order valence-corrected chi connectivity index (χ1v) is 9.54. The number of ether oxygens (including phenoxy) is 2. The molecule has 1 saturated heterocycles. The second-order valence-electron chi connectivity index (χ2n) is 7.53. The molecule has 2 rings (SSSR count). The van der Waals surface area contributed by atoms with Crippen molar-refractivity contribution in [3.05, 3.63) is 0 Å². The van der Waals surface area contributed by atoms with E-state index in [1.54, 1.807) is 0 Å². The van der Waals surface area contributed by atoms with Gasteiger partial charge in [0.2, 0.25) is 0 Å². The van der Waals surface area contributed by atoms with Crippen molar-refractivity contribution in [1.82, 2.24) is 0 Å². The first-order chi connectivity index (χ1) is 9.60. The minimum absolute atomic E-state index is 0.00862. The lowest BCUT2D eigenvalue weighted by Crippen LogP contribution is -2.48. The predicted molar refractivity (Wildman–Crippen MR) is 80.3 cm³/mol. The Labute approximate surface area is 128 Å². The standard InChI is InChI=1S/C15H28O5S/c1-14(2,3)13-5-7-15(8-6-13)18-9-12(10-19-15)11-20-21(4,16)17/h12-13H,5-11H2,1-4H3. The van der Waals surface area contributed by atoms with Crippen LogP contribution in [0.4, 0.5) is 0 Å². The van der Waals surface area contributed by atoms with Gasteiger partial charge in [-0.05, 0) is 24.2 Å². The second-order valence-corrected chi connectivity index (χ2v) is 9.17. The molecule has 124 valence electrons. The Kier molecular flexibility index (Phi) is 5.03. The predicted octanol–water partition coefficient (Wildman–Crippen LogP) is 2.56. The molecule has 0 aromatic rings. The number of hydrogen-bond donors (Lipinski definition) is 0. The highest BCUT2D eigenvalue weighted by atomic mass is 32.2. The van der Waals surface area contributed by atoms with Crippen LogP contribution in [-0.4, -0.2) is 40.3 Å². The Hall–Kier alpha value is -0.170. The van der Waals surface area contributed by atoms with Crippen molar-refractivity contribution in [2.24, 2.45) is 17.3 Å². The maximum absolute atomic E-state index is 11.0. The van der Waals surface area contributed by atoms with Crippen molar-refractivity contribution in [3.8, 4) is 0 Å². The van der Waals surface area contributed by atoms with E-state index in [4.69, 9.17) is 13.7 Å². The number of hydrogen-bond acceptors (Lipinski definition) is 5. The Morgan fingerprint density at radius 2 is 1.67 bits per heavy atom. The van der Waals surface area contributed by atoms with Gasteiger partial charge in [0.1, 0.15) is 0 Å². The fourth-order valence-corrected chi connectivity index (χ4v) is 3.60. The molecular formula is C15H28O5S. The molecule has 21 heavy (non-hydrogen) atoms. The van der Waals surface area contributed by atoms with Gasteiger partial charge in [-0.15, -0.1) is 0 Å². The van der Waals surface area contributed by atoms with Crippen LogP contribution in [-0.2, 0) is 23.8 Å². The molecule has 1 heterocycles. The van der Waals surface area contributed by atoms with E-state index < -0.39 is 15.9 Å². The molecule has 0 radical (unpaired) electrons. The van der Waals surface area contributed by atoms with Gasteiger partial charge in [0.25, 0.3) is 10.1 Å². The van der Waals surface area contributed by atoms with E-state index in [9.17, 15) is 8.42 Å². The minimum atomic E-state index is -3.39. The molecule has 0 aromatic heterocycles. The van der Waals surface area contributed by atoms with Gasteiger partial charge in [-0.2, -0.15) is 8.42 Å². The van der Waals surface area contributed by atoms with E-state index in [0.717, 1.165) is 31.9 Å². The molecule has 2 fully saturated rings. The summed E-state index contributed by atoms with van der Waals surface area (Å²) >= 11 is 0. The fourth-order valence-electron chi connectivity index (χ4n) is 3.16. The minimum Gasteiger partial charge on any atom is -0.349 e. The maximum Gasteiger partial charge on any atom is 0.264 e. The topological polar surface area (TPSA) is 61.8 Å². The Morgan fingerprint density at radius 1 is 1.14 bits per heavy atom. The van der Waals surface area contributed by atoms with Crippen molar-refractivity contribution < 1.29 is 22.1 Å². The molecule has 0 unspecified atom stereocenters. The fraction of sp³-hybridized carbons (Fsp3) is 1.00. The van der Waals surface area contributed by atoms with Gasteiger partial charge in [-0.3, -0.25) is 4.18 Å². The molecule has 0 bridgehead atoms. The molecule has 5 nitrogen and oxygen atoms in total. The summed E-state index contributed by atoms with van der Waals surface area (Å²) in [5, 5.41) is 0. The molecule has 0 aromatic carbocycles. The third kappa shape index (κ3) is 4.91. The van der Waals surface area contributed by atoms with Gasteiger partial charge in [0.15, 0.2) is 5.79 Å². The molecule has 1 aliphatic heterocycles. The van der Waals surface area contributed by atoms with Crippen LogP contribution in [0.15, 0.2) is 0 Å². The van der Waals surface area contributed by atoms with Crippen molar-refractivity contribution in [3.63, 3.8) is 0 Å². The zero-order valence-corrected chi connectivity index (χ0v) is 14.4. The number of rotatable bonds is 3. The summed E-state index contributed by atoms with van der Waals surface area (Å²) < 4.78 is 38.7. The van der Waals surface area contributed by atoms with Gasteiger partial charge >= 0.3 is 0 Å². The summed E-state index contributed by atoms with van der Waals surface area (Å²) in [5.41, 5.74) is 0.335. The van der Waals surface area contributed by atoms with E-state index in [1.807, 2.05) is 0 Å². The average Bonchev–Trinajstić information content (AvgIpc) is 2.37. The van der Waals surface area contributed by atoms with E-state index in [0.29, 0.717) is 24.5 Å². The normalized spacial score (nSPS) is 35.0. The lowest BCUT2D eigenvalue weighted by Gasteiger charge is -2.46. The molecule has 2 aliphatic rings. The molecule has 0 N–H and O–H groups in total. The molecule has 1 aliphatic carbocycles. The van der Waals surface area contributed by atoms with E-state index in [1.165, 1.54) is 0 Å². The van der Waals surface area contributed by atoms with Gasteiger partial charge in [0, 0.05) is 18.8 Å². The Balaban J connectivity index is 1.79. The van der Waals surface area contributed by atoms with Gasteiger partial charge in [0.05, 0.1) is 26.1 Å². The smallest absolute Gasteiger partial charge is 0.264 e. The maximum atomic E-state index is 11.0. The average molecular weight is 320 g/mol. The van der Waals surface area contributed by atoms with Crippen molar-refractivity contribution in [1.29, 1.82) is 0 Å². The van der Waals surface area contributed by atoms with Crippen molar-refractivity contribution in [2.75, 3.05) is 26.1 Å². The van der Waals surface area contributed by atoms with Crippen LogP contribution in [0.1, 0.15) is 46.5 Å². The first kappa shape index (κ1) is 17.2. The highest BCUT2D eigenvalue weighted by Crippen LogP contribution is 2.44. The second kappa shape index (κ2) is 6.14. The van der Waals surface area contributed by atoms with E-state index in [2.05, 4.69) is 20.8 Å². The highest BCUT2D eigenvalue weighted by Gasteiger charge is 2.43. The largest absolute Gasteiger partial charge is 0.349 e.